The first-order chi connectivity index (χ1) is 16.2. The monoisotopic (exact) mass is 467 g/mol. The van der Waals surface area contributed by atoms with Crippen molar-refractivity contribution in [1.82, 2.24) is 4.90 Å². The predicted molar refractivity (Wildman–Crippen MR) is 139 cm³/mol. The number of benzene rings is 2. The minimum Gasteiger partial charge on any atom is -0.367 e. The summed E-state index contributed by atoms with van der Waals surface area (Å²) >= 11 is 0. The molecule has 2 N–H and O–H groups in total. The van der Waals surface area contributed by atoms with Crippen molar-refractivity contribution in [1.29, 1.82) is 0 Å². The molecule has 2 aromatic carbocycles. The van der Waals surface area contributed by atoms with Crippen molar-refractivity contribution in [3.8, 4) is 0 Å². The van der Waals surface area contributed by atoms with Gasteiger partial charge in [0.1, 0.15) is 5.82 Å². The average Bonchev–Trinajstić information content (AvgIpc) is 3.28. The highest BCUT2D eigenvalue weighted by Gasteiger charge is 2.32. The van der Waals surface area contributed by atoms with Crippen LogP contribution in [0.2, 0.25) is 0 Å². The molecule has 1 aliphatic heterocycles. The van der Waals surface area contributed by atoms with Crippen molar-refractivity contribution in [2.24, 2.45) is 17.6 Å². The number of halogens is 1. The van der Waals surface area contributed by atoms with Gasteiger partial charge < -0.3 is 15.5 Å². The molecule has 0 aromatic heterocycles. The summed E-state index contributed by atoms with van der Waals surface area (Å²) in [6, 6.07) is 15.5. The Labute approximate surface area is 205 Å². The number of aryl methyl sites for hydroxylation is 2. The van der Waals surface area contributed by atoms with Gasteiger partial charge in [-0.15, -0.1) is 0 Å². The molecule has 34 heavy (non-hydrogen) atoms. The molecule has 0 saturated carbocycles. The normalized spacial score (nSPS) is 16.9. The van der Waals surface area contributed by atoms with Gasteiger partial charge in [0, 0.05) is 31.4 Å². The molecular formula is C29H42FN3O. The summed E-state index contributed by atoms with van der Waals surface area (Å²) in [5.41, 5.74) is 9.85. The number of hydrogen-bond acceptors (Lipinski definition) is 3. The van der Waals surface area contributed by atoms with Crippen molar-refractivity contribution >= 4 is 11.6 Å². The van der Waals surface area contributed by atoms with E-state index < -0.39 is 6.04 Å². The Morgan fingerprint density at radius 1 is 1.00 bits per heavy atom. The predicted octanol–water partition coefficient (Wildman–Crippen LogP) is 5.44. The first-order valence-corrected chi connectivity index (χ1v) is 12.9. The summed E-state index contributed by atoms with van der Waals surface area (Å²) in [6.07, 6.45) is 4.65. The number of anilines is 1. The second-order valence-electron chi connectivity index (χ2n) is 10.6. The molecule has 0 radical (unpaired) electrons. The van der Waals surface area contributed by atoms with Crippen molar-refractivity contribution in [3.05, 3.63) is 65.5 Å². The van der Waals surface area contributed by atoms with Gasteiger partial charge in [-0.2, -0.15) is 0 Å². The second kappa shape index (κ2) is 12.3. The molecule has 5 heteroatoms. The third-order valence-corrected chi connectivity index (χ3v) is 6.79. The van der Waals surface area contributed by atoms with E-state index in [9.17, 15) is 9.18 Å². The molecule has 1 aliphatic rings. The van der Waals surface area contributed by atoms with Gasteiger partial charge in [0.25, 0.3) is 0 Å². The van der Waals surface area contributed by atoms with E-state index in [1.54, 1.807) is 0 Å². The quantitative estimate of drug-likeness (QED) is 0.479. The standard InChI is InChI=1S/C29H42FN3O/c1-21(2)15-18-33(27-16-17-32(20-27)29(34)28(31)19-22(3)4)26-13-9-24(10-14-26)6-5-23-7-11-25(30)12-8-23/h7-14,21-22,27-28H,5-6,15-20,31H2,1-4H3. The maximum Gasteiger partial charge on any atom is 0.239 e. The Morgan fingerprint density at radius 3 is 2.15 bits per heavy atom. The number of amides is 1. The molecule has 1 fully saturated rings. The molecule has 2 atom stereocenters. The van der Waals surface area contributed by atoms with E-state index in [2.05, 4.69) is 56.9 Å². The number of carbonyl (C=O) groups excluding carboxylic acids is 1. The van der Waals surface area contributed by atoms with Gasteiger partial charge >= 0.3 is 0 Å². The number of rotatable bonds is 11. The lowest BCUT2D eigenvalue weighted by molar-refractivity contribution is -0.131. The zero-order valence-corrected chi connectivity index (χ0v) is 21.3. The number of nitrogens with zero attached hydrogens (tertiary/aromatic N) is 2. The molecule has 0 spiro atoms. The summed E-state index contributed by atoms with van der Waals surface area (Å²) < 4.78 is 13.1. The molecule has 1 heterocycles. The largest absolute Gasteiger partial charge is 0.367 e. The Balaban J connectivity index is 1.64. The second-order valence-corrected chi connectivity index (χ2v) is 10.6. The van der Waals surface area contributed by atoms with E-state index in [-0.39, 0.29) is 11.7 Å². The summed E-state index contributed by atoms with van der Waals surface area (Å²) in [5.74, 6) is 0.942. The van der Waals surface area contributed by atoms with Gasteiger partial charge in [0.15, 0.2) is 0 Å². The van der Waals surface area contributed by atoms with Crippen LogP contribution in [0.1, 0.15) is 58.1 Å². The van der Waals surface area contributed by atoms with Crippen LogP contribution in [0.5, 0.6) is 0 Å². The molecule has 186 valence electrons. The Kier molecular flexibility index (Phi) is 9.52. The Hall–Kier alpha value is -2.40. The van der Waals surface area contributed by atoms with Gasteiger partial charge in [-0.3, -0.25) is 4.79 Å². The van der Waals surface area contributed by atoms with E-state index in [0.29, 0.717) is 17.9 Å². The number of carbonyl (C=O) groups is 1. The highest BCUT2D eigenvalue weighted by molar-refractivity contribution is 5.82. The molecular weight excluding hydrogens is 425 g/mol. The highest BCUT2D eigenvalue weighted by Crippen LogP contribution is 2.26. The summed E-state index contributed by atoms with van der Waals surface area (Å²) in [4.78, 5) is 17.3. The third kappa shape index (κ3) is 7.56. The lowest BCUT2D eigenvalue weighted by Gasteiger charge is -2.32. The van der Waals surface area contributed by atoms with E-state index in [1.807, 2.05) is 17.0 Å². The Morgan fingerprint density at radius 2 is 1.59 bits per heavy atom. The first-order valence-electron chi connectivity index (χ1n) is 12.9. The minimum atomic E-state index is -0.400. The fraction of sp³-hybridized carbons (Fsp3) is 0.552. The molecule has 3 rings (SSSR count). The fourth-order valence-electron chi connectivity index (χ4n) is 4.75. The fourth-order valence-corrected chi connectivity index (χ4v) is 4.75. The zero-order chi connectivity index (χ0) is 24.7. The van der Waals surface area contributed by atoms with Gasteiger partial charge in [-0.05, 0) is 79.3 Å². The SMILES string of the molecule is CC(C)CCN(c1ccc(CCc2ccc(F)cc2)cc1)C1CCN(C(=O)C(N)CC(C)C)C1. The van der Waals surface area contributed by atoms with Gasteiger partial charge in [0.05, 0.1) is 6.04 Å². The molecule has 4 nitrogen and oxygen atoms in total. The smallest absolute Gasteiger partial charge is 0.239 e. The first kappa shape index (κ1) is 26.2. The zero-order valence-electron chi connectivity index (χ0n) is 21.3. The minimum absolute atomic E-state index is 0.0937. The van der Waals surface area contributed by atoms with Gasteiger partial charge in [-0.1, -0.05) is 52.0 Å². The van der Waals surface area contributed by atoms with Crippen LogP contribution in [0.15, 0.2) is 48.5 Å². The molecule has 2 unspecified atom stereocenters. The van der Waals surface area contributed by atoms with Crippen LogP contribution in [0, 0.1) is 17.7 Å². The van der Waals surface area contributed by atoms with E-state index in [0.717, 1.165) is 57.3 Å². The number of hydrogen-bond donors (Lipinski definition) is 1. The molecule has 1 amide bonds. The maximum atomic E-state index is 13.1. The summed E-state index contributed by atoms with van der Waals surface area (Å²) in [7, 11) is 0. The van der Waals surface area contributed by atoms with Crippen molar-refractivity contribution in [3.63, 3.8) is 0 Å². The molecule has 2 aromatic rings. The van der Waals surface area contributed by atoms with Crippen LogP contribution in [-0.4, -0.2) is 42.5 Å². The molecule has 1 saturated heterocycles. The topological polar surface area (TPSA) is 49.6 Å². The number of nitrogens with two attached hydrogens (primary N) is 1. The van der Waals surface area contributed by atoms with E-state index >= 15 is 0 Å². The van der Waals surface area contributed by atoms with Gasteiger partial charge in [-0.25, -0.2) is 4.39 Å². The third-order valence-electron chi connectivity index (χ3n) is 6.79. The van der Waals surface area contributed by atoms with Crippen LogP contribution in [0.4, 0.5) is 10.1 Å². The van der Waals surface area contributed by atoms with Crippen LogP contribution in [0.25, 0.3) is 0 Å². The van der Waals surface area contributed by atoms with Crippen molar-refractivity contribution in [2.45, 2.75) is 71.9 Å². The number of likely N-dealkylation sites (tertiary alicyclic amines) is 1. The van der Waals surface area contributed by atoms with E-state index in [4.69, 9.17) is 5.73 Å². The van der Waals surface area contributed by atoms with E-state index in [1.165, 1.54) is 23.4 Å². The summed E-state index contributed by atoms with van der Waals surface area (Å²) in [5, 5.41) is 0. The van der Waals surface area contributed by atoms with Crippen molar-refractivity contribution < 1.29 is 9.18 Å². The average molecular weight is 468 g/mol. The van der Waals surface area contributed by atoms with Crippen LogP contribution >= 0.6 is 0 Å². The lowest BCUT2D eigenvalue weighted by Crippen LogP contribution is -2.45. The van der Waals surface area contributed by atoms with Crippen LogP contribution in [-0.2, 0) is 17.6 Å². The lowest BCUT2D eigenvalue weighted by atomic mass is 10.0. The Bertz CT molecular complexity index is 895. The van der Waals surface area contributed by atoms with Crippen molar-refractivity contribution in [2.75, 3.05) is 24.5 Å². The maximum absolute atomic E-state index is 13.1. The molecule has 0 bridgehead atoms. The van der Waals surface area contributed by atoms with Crippen LogP contribution < -0.4 is 10.6 Å². The highest BCUT2D eigenvalue weighted by atomic mass is 19.1. The summed E-state index contributed by atoms with van der Waals surface area (Å²) in [6.45, 7) is 11.2. The van der Waals surface area contributed by atoms with Crippen LogP contribution in [0.3, 0.4) is 0 Å². The van der Waals surface area contributed by atoms with Gasteiger partial charge in [0.2, 0.25) is 5.91 Å². The molecule has 0 aliphatic carbocycles.